The van der Waals surface area contributed by atoms with E-state index < -0.39 is 97.5 Å². The lowest BCUT2D eigenvalue weighted by Crippen LogP contribution is -2.30. The third-order valence-electron chi connectivity index (χ3n) is 16.0. The molecule has 91 heavy (non-hydrogen) atoms. The first-order valence-corrected chi connectivity index (χ1v) is 39.7. The number of hydrogen-bond donors (Lipinski definition) is 3. The van der Waals surface area contributed by atoms with Gasteiger partial charge in [-0.05, 0) is 69.1 Å². The molecule has 536 valence electrons. The number of allylic oxidation sites excluding steroid dienone is 4. The van der Waals surface area contributed by atoms with Gasteiger partial charge in [-0.1, -0.05) is 285 Å². The predicted octanol–water partition coefficient (Wildman–Crippen LogP) is 20.2. The first kappa shape index (κ1) is 88.5. The lowest BCUT2D eigenvalue weighted by molar-refractivity contribution is -0.161. The van der Waals surface area contributed by atoms with Gasteiger partial charge in [-0.2, -0.15) is 0 Å². The van der Waals surface area contributed by atoms with Crippen molar-refractivity contribution in [2.45, 2.75) is 356 Å². The number of hydrogen-bond acceptors (Lipinski definition) is 15. The molecule has 0 aliphatic heterocycles. The molecule has 0 amide bonds. The fourth-order valence-electron chi connectivity index (χ4n) is 10.4. The van der Waals surface area contributed by atoms with Gasteiger partial charge in [-0.15, -0.1) is 0 Å². The molecule has 0 saturated carbocycles. The van der Waals surface area contributed by atoms with Crippen LogP contribution < -0.4 is 0 Å². The third kappa shape index (κ3) is 66.0. The molecular weight excluding hydrogens is 1200 g/mol. The lowest BCUT2D eigenvalue weighted by atomic mass is 10.0. The maximum absolute atomic E-state index is 13.0. The fourth-order valence-corrected chi connectivity index (χ4v) is 11.9. The van der Waals surface area contributed by atoms with Crippen LogP contribution in [-0.4, -0.2) is 96.7 Å². The minimum absolute atomic E-state index is 0.0990. The zero-order chi connectivity index (χ0) is 67.3. The topological polar surface area (TPSA) is 237 Å². The van der Waals surface area contributed by atoms with Crippen molar-refractivity contribution in [3.63, 3.8) is 0 Å². The van der Waals surface area contributed by atoms with Gasteiger partial charge in [0.2, 0.25) is 0 Å². The molecule has 0 radical (unpaired) electrons. The summed E-state index contributed by atoms with van der Waals surface area (Å²) in [4.78, 5) is 72.6. The van der Waals surface area contributed by atoms with Crippen molar-refractivity contribution < 1.29 is 80.2 Å². The molecule has 0 bridgehead atoms. The highest BCUT2D eigenvalue weighted by molar-refractivity contribution is 7.47. The molecule has 19 heteroatoms. The number of ether oxygens (including phenoxy) is 4. The van der Waals surface area contributed by atoms with Crippen molar-refractivity contribution in [2.24, 2.45) is 17.8 Å². The molecule has 0 aromatic carbocycles. The summed E-state index contributed by atoms with van der Waals surface area (Å²) < 4.78 is 68.3. The number of aliphatic hydroxyl groups is 1. The quantitative estimate of drug-likeness (QED) is 0.0169. The average Bonchev–Trinajstić information content (AvgIpc) is 3.72. The Kier molecular flexibility index (Phi) is 60.7. The van der Waals surface area contributed by atoms with E-state index in [1.54, 1.807) is 0 Å². The fraction of sp³-hybridized carbons (Fsp3) is 0.889. The van der Waals surface area contributed by atoms with E-state index in [9.17, 15) is 43.2 Å². The van der Waals surface area contributed by atoms with Crippen molar-refractivity contribution in [3.05, 3.63) is 24.3 Å². The zero-order valence-electron chi connectivity index (χ0n) is 58.8. The van der Waals surface area contributed by atoms with Crippen LogP contribution in [0.3, 0.4) is 0 Å². The Morgan fingerprint density at radius 2 is 0.593 bits per heavy atom. The molecule has 3 N–H and O–H groups in total. The van der Waals surface area contributed by atoms with Gasteiger partial charge in [-0.25, -0.2) is 9.13 Å². The lowest BCUT2D eigenvalue weighted by Gasteiger charge is -2.21. The SMILES string of the molecule is CCCCCC/C=C\C=C/CCCCCCCC(=O)OC[C@H](COP(=O)(O)OCC(O)COP(=O)(O)OC[C@@H](COC(=O)CCCCCCCCCCC(C)C)OC(=O)CCCCCCCCCCC(C)C)OC(=O)CCCCCCCCCCCCCC(C)C. The summed E-state index contributed by atoms with van der Waals surface area (Å²) in [5.74, 6) is 0.0479. The molecule has 0 saturated heterocycles. The Morgan fingerprint density at radius 1 is 0.341 bits per heavy atom. The smallest absolute Gasteiger partial charge is 0.462 e. The summed E-state index contributed by atoms with van der Waals surface area (Å²) in [5.41, 5.74) is 0. The summed E-state index contributed by atoms with van der Waals surface area (Å²) in [6.07, 6.45) is 49.5. The molecule has 0 aliphatic carbocycles. The Bertz CT molecular complexity index is 1880. The monoisotopic (exact) mass is 1330 g/mol. The Hall–Kier alpha value is -2.46. The Labute approximate surface area is 554 Å². The van der Waals surface area contributed by atoms with Gasteiger partial charge in [0.05, 0.1) is 26.4 Å². The second-order valence-corrected chi connectivity index (χ2v) is 29.6. The molecule has 0 aliphatic rings. The second-order valence-electron chi connectivity index (χ2n) is 26.7. The largest absolute Gasteiger partial charge is 0.472 e. The first-order valence-electron chi connectivity index (χ1n) is 36.7. The van der Waals surface area contributed by atoms with Crippen LogP contribution in [0.5, 0.6) is 0 Å². The number of aliphatic hydroxyl groups excluding tert-OH is 1. The van der Waals surface area contributed by atoms with Gasteiger partial charge >= 0.3 is 39.5 Å². The van der Waals surface area contributed by atoms with E-state index in [1.165, 1.54) is 128 Å². The predicted molar refractivity (Wildman–Crippen MR) is 367 cm³/mol. The first-order chi connectivity index (χ1) is 43.7. The van der Waals surface area contributed by atoms with Gasteiger partial charge in [0.25, 0.3) is 0 Å². The maximum Gasteiger partial charge on any atom is 0.472 e. The van der Waals surface area contributed by atoms with Gasteiger partial charge in [-0.3, -0.25) is 37.3 Å². The van der Waals surface area contributed by atoms with Crippen LogP contribution in [0, 0.1) is 17.8 Å². The van der Waals surface area contributed by atoms with Crippen LogP contribution in [0.2, 0.25) is 0 Å². The van der Waals surface area contributed by atoms with Crippen molar-refractivity contribution in [1.29, 1.82) is 0 Å². The molecule has 0 aromatic heterocycles. The van der Waals surface area contributed by atoms with Crippen LogP contribution in [0.25, 0.3) is 0 Å². The van der Waals surface area contributed by atoms with Crippen LogP contribution >= 0.6 is 15.6 Å². The van der Waals surface area contributed by atoms with Crippen molar-refractivity contribution >= 4 is 39.5 Å². The highest BCUT2D eigenvalue weighted by Crippen LogP contribution is 2.45. The molecular formula is C72H136O17P2. The molecule has 5 atom stereocenters. The second kappa shape index (κ2) is 62.4. The van der Waals surface area contributed by atoms with E-state index in [0.717, 1.165) is 121 Å². The van der Waals surface area contributed by atoms with Crippen LogP contribution in [0.1, 0.15) is 337 Å². The molecule has 0 rings (SSSR count). The Morgan fingerprint density at radius 3 is 0.890 bits per heavy atom. The summed E-state index contributed by atoms with van der Waals surface area (Å²) in [6.45, 7) is 11.7. The summed E-state index contributed by atoms with van der Waals surface area (Å²) in [5, 5.41) is 10.6. The molecule has 0 heterocycles. The normalized spacial score (nSPS) is 14.3. The third-order valence-corrected chi connectivity index (χ3v) is 17.9. The molecule has 0 spiro atoms. The number of phosphoric ester groups is 2. The highest BCUT2D eigenvalue weighted by Gasteiger charge is 2.30. The van der Waals surface area contributed by atoms with Crippen molar-refractivity contribution in [1.82, 2.24) is 0 Å². The minimum atomic E-state index is -4.96. The maximum atomic E-state index is 13.0. The minimum Gasteiger partial charge on any atom is -0.462 e. The number of unbranched alkanes of at least 4 members (excludes halogenated alkanes) is 33. The van der Waals surface area contributed by atoms with Gasteiger partial charge in [0.15, 0.2) is 12.2 Å². The van der Waals surface area contributed by atoms with Crippen molar-refractivity contribution in [2.75, 3.05) is 39.6 Å². The summed E-state index contributed by atoms with van der Waals surface area (Å²) in [6, 6.07) is 0. The van der Waals surface area contributed by atoms with Gasteiger partial charge in [0, 0.05) is 25.7 Å². The van der Waals surface area contributed by atoms with Crippen molar-refractivity contribution in [3.8, 4) is 0 Å². The molecule has 0 fully saturated rings. The molecule has 0 aromatic rings. The van der Waals surface area contributed by atoms with Crippen LogP contribution in [0.15, 0.2) is 24.3 Å². The number of rotatable bonds is 68. The van der Waals surface area contributed by atoms with Gasteiger partial charge < -0.3 is 33.8 Å². The summed E-state index contributed by atoms with van der Waals surface area (Å²) in [7, 11) is -9.92. The van der Waals surface area contributed by atoms with E-state index >= 15 is 0 Å². The van der Waals surface area contributed by atoms with E-state index in [1.807, 2.05) is 0 Å². The van der Waals surface area contributed by atoms with Gasteiger partial charge in [0.1, 0.15) is 19.3 Å². The van der Waals surface area contributed by atoms with E-state index in [-0.39, 0.29) is 25.7 Å². The molecule has 17 nitrogen and oxygen atoms in total. The standard InChI is InChI=1S/C72H136O17P2/c1-8-9-10-11-12-13-14-15-16-17-20-23-32-39-46-53-69(74)82-59-67(88-71(76)55-48-41-34-24-21-18-19-22-29-36-43-50-63(2)3)61-86-90(78,79)84-57-66(73)58-85-91(80,81)87-62-68(89-72(77)56-49-42-35-28-26-31-38-45-52-65(6)7)60-83-70(75)54-47-40-33-27-25-30-37-44-51-64(4)5/h13-16,63-68,73H,8-12,17-62H2,1-7H3,(H,78,79)(H,80,81)/b14-13-,16-15-/t66?,67-,68-/m1/s1. The number of esters is 4. The highest BCUT2D eigenvalue weighted by atomic mass is 31.2. The Balaban J connectivity index is 5.29. The summed E-state index contributed by atoms with van der Waals surface area (Å²) >= 11 is 0. The molecule has 3 unspecified atom stereocenters. The number of carbonyl (C=O) groups is 4. The van der Waals surface area contributed by atoms with E-state index in [4.69, 9.17) is 37.0 Å². The zero-order valence-corrected chi connectivity index (χ0v) is 60.6. The van der Waals surface area contributed by atoms with E-state index in [2.05, 4.69) is 72.8 Å². The number of carbonyl (C=O) groups excluding carboxylic acids is 4. The number of phosphoric acid groups is 2. The van der Waals surface area contributed by atoms with Crippen LogP contribution in [-0.2, 0) is 65.4 Å². The van der Waals surface area contributed by atoms with E-state index in [0.29, 0.717) is 31.6 Å². The van der Waals surface area contributed by atoms with Crippen LogP contribution in [0.4, 0.5) is 0 Å². The average molecular weight is 1340 g/mol.